The molecule has 2 fully saturated rings. The summed E-state index contributed by atoms with van der Waals surface area (Å²) in [6.45, 7) is 1.38. The highest BCUT2D eigenvalue weighted by Gasteiger charge is 2.26. The van der Waals surface area contributed by atoms with Gasteiger partial charge in [0.05, 0.1) is 0 Å². The van der Waals surface area contributed by atoms with Gasteiger partial charge in [-0.15, -0.1) is 10.2 Å². The molecule has 1 saturated carbocycles. The van der Waals surface area contributed by atoms with E-state index in [-0.39, 0.29) is 28.6 Å². The van der Waals surface area contributed by atoms with E-state index in [9.17, 15) is 13.2 Å². The number of H-pyrrole nitrogens is 1. The van der Waals surface area contributed by atoms with Crippen LogP contribution in [0, 0.1) is 0 Å². The van der Waals surface area contributed by atoms with Crippen LogP contribution < -0.4 is 4.72 Å². The number of aromatic amines is 1. The number of amides is 1. The van der Waals surface area contributed by atoms with E-state index in [0.717, 1.165) is 51.4 Å². The maximum Gasteiger partial charge on any atom is 0.311 e. The van der Waals surface area contributed by atoms with Crippen molar-refractivity contribution in [3.05, 3.63) is 18.2 Å². The summed E-state index contributed by atoms with van der Waals surface area (Å²) >= 11 is 0. The third-order valence-corrected chi connectivity index (χ3v) is 7.13. The van der Waals surface area contributed by atoms with Crippen LogP contribution in [0.2, 0.25) is 0 Å². The number of hydrogen-bond donors (Lipinski definition) is 2. The quantitative estimate of drug-likeness (QED) is 0.766. The Morgan fingerprint density at radius 2 is 1.76 bits per heavy atom. The maximum atomic E-state index is 12.8. The summed E-state index contributed by atoms with van der Waals surface area (Å²) in [6.07, 6.45) is 10.7. The van der Waals surface area contributed by atoms with Gasteiger partial charge in [0, 0.05) is 25.3 Å². The Morgan fingerprint density at radius 1 is 1.07 bits per heavy atom. The number of nitrogens with one attached hydrogen (secondary N) is 2. The summed E-state index contributed by atoms with van der Waals surface area (Å²) < 4.78 is 33.9. The number of aromatic nitrogens is 3. The Bertz CT molecular complexity index is 937. The molecule has 29 heavy (non-hydrogen) atoms. The molecule has 0 spiro atoms. The first-order valence-corrected chi connectivity index (χ1v) is 11.9. The van der Waals surface area contributed by atoms with E-state index in [0.29, 0.717) is 18.8 Å². The standard InChI is InChI=1S/C19H27N5O4S/c25-19(24-10-6-7-11-24)18-22-21-17(28-18)16-12-15(13-20-16)29(26,27)23-14-8-4-2-1-3-5-9-14/h12-14,20,23H,1-11H2. The molecule has 0 aromatic carbocycles. The zero-order valence-electron chi connectivity index (χ0n) is 16.4. The molecule has 1 saturated heterocycles. The fourth-order valence-corrected chi connectivity index (χ4v) is 5.29. The summed E-state index contributed by atoms with van der Waals surface area (Å²) in [7, 11) is -3.64. The molecule has 9 nitrogen and oxygen atoms in total. The predicted octanol–water partition coefficient (Wildman–Crippen LogP) is 2.69. The lowest BCUT2D eigenvalue weighted by Crippen LogP contribution is -2.35. The zero-order chi connectivity index (χ0) is 20.3. The van der Waals surface area contributed by atoms with Gasteiger partial charge in [-0.1, -0.05) is 32.1 Å². The molecule has 158 valence electrons. The van der Waals surface area contributed by atoms with Crippen LogP contribution in [0.1, 0.15) is 68.5 Å². The lowest BCUT2D eigenvalue weighted by Gasteiger charge is -2.20. The van der Waals surface area contributed by atoms with Gasteiger partial charge in [0.1, 0.15) is 10.6 Å². The molecule has 1 amide bonds. The van der Waals surface area contributed by atoms with Gasteiger partial charge in [0.15, 0.2) is 0 Å². The first-order valence-electron chi connectivity index (χ1n) is 10.4. The number of sulfonamides is 1. The third kappa shape index (κ3) is 4.69. The summed E-state index contributed by atoms with van der Waals surface area (Å²) in [6, 6.07) is 1.43. The van der Waals surface area contributed by atoms with Gasteiger partial charge < -0.3 is 14.3 Å². The van der Waals surface area contributed by atoms with Crippen LogP contribution in [0.15, 0.2) is 21.6 Å². The Kier molecular flexibility index (Phi) is 6.00. The van der Waals surface area contributed by atoms with Gasteiger partial charge in [-0.3, -0.25) is 4.79 Å². The molecular formula is C19H27N5O4S. The lowest BCUT2D eigenvalue weighted by atomic mass is 9.97. The van der Waals surface area contributed by atoms with E-state index >= 15 is 0 Å². The van der Waals surface area contributed by atoms with Gasteiger partial charge in [-0.05, 0) is 31.7 Å². The molecular weight excluding hydrogens is 394 g/mol. The monoisotopic (exact) mass is 421 g/mol. The van der Waals surface area contributed by atoms with E-state index < -0.39 is 10.0 Å². The van der Waals surface area contributed by atoms with Gasteiger partial charge in [0.25, 0.3) is 5.89 Å². The van der Waals surface area contributed by atoms with Crippen LogP contribution in [0.25, 0.3) is 11.6 Å². The van der Waals surface area contributed by atoms with E-state index in [2.05, 4.69) is 19.9 Å². The molecule has 4 rings (SSSR count). The predicted molar refractivity (Wildman–Crippen MR) is 106 cm³/mol. The van der Waals surface area contributed by atoms with Gasteiger partial charge in [-0.2, -0.15) is 0 Å². The van der Waals surface area contributed by atoms with Gasteiger partial charge in [-0.25, -0.2) is 13.1 Å². The lowest BCUT2D eigenvalue weighted by molar-refractivity contribution is 0.0754. The largest absolute Gasteiger partial charge is 0.411 e. The van der Waals surface area contributed by atoms with Crippen LogP contribution in [-0.4, -0.2) is 53.5 Å². The summed E-state index contributed by atoms with van der Waals surface area (Å²) in [5.74, 6) is -0.264. The Morgan fingerprint density at radius 3 is 2.48 bits per heavy atom. The van der Waals surface area contributed by atoms with Crippen LogP contribution in [0.4, 0.5) is 0 Å². The molecule has 0 bridgehead atoms. The number of carbonyl (C=O) groups excluding carboxylic acids is 1. The normalized spacial score (nSPS) is 19.2. The highest BCUT2D eigenvalue weighted by molar-refractivity contribution is 7.89. The van der Waals surface area contributed by atoms with Crippen molar-refractivity contribution in [2.24, 2.45) is 0 Å². The fourth-order valence-electron chi connectivity index (χ4n) is 3.99. The van der Waals surface area contributed by atoms with Crippen molar-refractivity contribution in [1.29, 1.82) is 0 Å². The van der Waals surface area contributed by atoms with Crippen molar-refractivity contribution in [2.45, 2.75) is 68.7 Å². The summed E-state index contributed by atoms with van der Waals surface area (Å²) in [4.78, 5) is 17.0. The zero-order valence-corrected chi connectivity index (χ0v) is 17.2. The Labute approximate surface area is 170 Å². The number of rotatable bonds is 5. The van der Waals surface area contributed by atoms with Crippen LogP contribution >= 0.6 is 0 Å². The minimum Gasteiger partial charge on any atom is -0.411 e. The maximum absolute atomic E-state index is 12.8. The van der Waals surface area contributed by atoms with Crippen LogP contribution in [0.5, 0.6) is 0 Å². The molecule has 0 unspecified atom stereocenters. The number of likely N-dealkylation sites (tertiary alicyclic amines) is 1. The summed E-state index contributed by atoms with van der Waals surface area (Å²) in [5.41, 5.74) is 0.371. The van der Waals surface area contributed by atoms with E-state index in [1.807, 2.05) is 0 Å². The first-order chi connectivity index (χ1) is 14.0. The molecule has 2 aromatic heterocycles. The van der Waals surface area contributed by atoms with E-state index in [1.165, 1.54) is 18.7 Å². The highest BCUT2D eigenvalue weighted by atomic mass is 32.2. The number of nitrogens with zero attached hydrogens (tertiary/aromatic N) is 3. The summed E-state index contributed by atoms with van der Waals surface area (Å²) in [5, 5.41) is 7.73. The Hall–Kier alpha value is -2.20. The Balaban J connectivity index is 1.45. The third-order valence-electron chi connectivity index (χ3n) is 5.63. The van der Waals surface area contributed by atoms with Crippen LogP contribution in [-0.2, 0) is 10.0 Å². The molecule has 0 radical (unpaired) electrons. The highest BCUT2D eigenvalue weighted by Crippen LogP contribution is 2.23. The van der Waals surface area contributed by atoms with Crippen molar-refractivity contribution in [2.75, 3.05) is 13.1 Å². The SMILES string of the molecule is O=C(c1nnc(-c2cc(S(=O)(=O)NC3CCCCCCC3)c[nH]2)o1)N1CCCC1. The minimum absolute atomic E-state index is 0.0354. The molecule has 2 aliphatic rings. The molecule has 0 atom stereocenters. The number of hydrogen-bond acceptors (Lipinski definition) is 6. The number of carbonyl (C=O) groups is 1. The molecule has 1 aliphatic carbocycles. The van der Waals surface area contributed by atoms with Crippen molar-refractivity contribution < 1.29 is 17.6 Å². The first kappa shape index (κ1) is 20.1. The van der Waals surface area contributed by atoms with Crippen molar-refractivity contribution in [3.8, 4) is 11.6 Å². The minimum atomic E-state index is -3.64. The fraction of sp³-hybridized carbons (Fsp3) is 0.632. The molecule has 10 heteroatoms. The van der Waals surface area contributed by atoms with Crippen molar-refractivity contribution in [3.63, 3.8) is 0 Å². The molecule has 2 aromatic rings. The topological polar surface area (TPSA) is 121 Å². The second-order valence-electron chi connectivity index (χ2n) is 7.82. The van der Waals surface area contributed by atoms with E-state index in [4.69, 9.17) is 4.42 Å². The van der Waals surface area contributed by atoms with Gasteiger partial charge >= 0.3 is 11.8 Å². The van der Waals surface area contributed by atoms with Crippen molar-refractivity contribution in [1.82, 2.24) is 24.8 Å². The second kappa shape index (κ2) is 8.66. The average molecular weight is 422 g/mol. The average Bonchev–Trinajstić information content (AvgIpc) is 3.44. The molecule has 2 N–H and O–H groups in total. The molecule has 3 heterocycles. The molecule has 1 aliphatic heterocycles. The van der Waals surface area contributed by atoms with Gasteiger partial charge in [0.2, 0.25) is 10.0 Å². The second-order valence-corrected chi connectivity index (χ2v) is 9.54. The van der Waals surface area contributed by atoms with Crippen molar-refractivity contribution >= 4 is 15.9 Å². The van der Waals surface area contributed by atoms with E-state index in [1.54, 1.807) is 4.90 Å². The smallest absolute Gasteiger partial charge is 0.311 e. The van der Waals surface area contributed by atoms with Crippen LogP contribution in [0.3, 0.4) is 0 Å².